The molecule has 0 saturated heterocycles. The molecule has 1 atom stereocenters. The molecular weight excluding hydrogens is 408 g/mol. The molecule has 2 aromatic carbocycles. The average Bonchev–Trinajstić information content (AvgIpc) is 2.66. The van der Waals surface area contributed by atoms with Gasteiger partial charge < -0.3 is 5.32 Å². The molecule has 0 aliphatic carbocycles. The third-order valence-corrected chi connectivity index (χ3v) is 5.55. The predicted molar refractivity (Wildman–Crippen MR) is 130 cm³/mol. The van der Waals surface area contributed by atoms with Gasteiger partial charge in [-0.3, -0.25) is 9.52 Å². The highest BCUT2D eigenvalue weighted by Gasteiger charge is 2.15. The number of carbonyl (C=O) groups excluding carboxylic acids is 1. The Balaban J connectivity index is 2.14. The molecule has 166 valence electrons. The van der Waals surface area contributed by atoms with Crippen molar-refractivity contribution in [3.63, 3.8) is 0 Å². The van der Waals surface area contributed by atoms with Crippen LogP contribution in [0.3, 0.4) is 0 Å². The molecule has 0 bridgehead atoms. The lowest BCUT2D eigenvalue weighted by Gasteiger charge is -2.19. The lowest BCUT2D eigenvalue weighted by molar-refractivity contribution is -0.118. The minimum absolute atomic E-state index is 0.0841. The van der Waals surface area contributed by atoms with Crippen LogP contribution in [0.15, 0.2) is 54.6 Å². The Hall–Kier alpha value is -2.86. The molecule has 2 N–H and O–H groups in total. The number of hydrogen-bond acceptors (Lipinski definition) is 3. The van der Waals surface area contributed by atoms with Gasteiger partial charge in [0.05, 0.1) is 18.0 Å². The molecule has 2 rings (SSSR count). The van der Waals surface area contributed by atoms with E-state index in [1.165, 1.54) is 5.56 Å². The molecule has 5 nitrogen and oxygen atoms in total. The van der Waals surface area contributed by atoms with Crippen LogP contribution in [0.2, 0.25) is 0 Å². The van der Waals surface area contributed by atoms with E-state index in [-0.39, 0.29) is 17.4 Å². The third-order valence-electron chi connectivity index (χ3n) is 4.96. The fourth-order valence-electron chi connectivity index (χ4n) is 3.10. The third kappa shape index (κ3) is 7.10. The Bertz CT molecular complexity index is 1090. The van der Waals surface area contributed by atoms with Crippen molar-refractivity contribution in [2.24, 2.45) is 0 Å². The standard InChI is InChI=1S/C25H32N2O3S/c1-8-20-16-21(11-14-23(20)27-31(7,29)30)18(3)26-24(28)17(2)15-19-9-12-22(13-10-19)25(4,5)6/h8-16,18,27H,1H2,2-7H3,(H,26,28). The van der Waals surface area contributed by atoms with E-state index in [1.54, 1.807) is 25.1 Å². The van der Waals surface area contributed by atoms with Gasteiger partial charge in [0, 0.05) is 5.57 Å². The molecule has 0 saturated carbocycles. The topological polar surface area (TPSA) is 75.3 Å². The van der Waals surface area contributed by atoms with Crippen LogP contribution in [0.1, 0.15) is 62.9 Å². The number of anilines is 1. The maximum atomic E-state index is 12.7. The van der Waals surface area contributed by atoms with E-state index in [1.807, 2.05) is 31.2 Å². The summed E-state index contributed by atoms with van der Waals surface area (Å²) in [6.45, 7) is 13.9. The van der Waals surface area contributed by atoms with E-state index in [9.17, 15) is 13.2 Å². The molecule has 0 radical (unpaired) electrons. The molecular formula is C25H32N2O3S. The number of carbonyl (C=O) groups is 1. The zero-order chi connectivity index (χ0) is 23.4. The Morgan fingerprint density at radius 1 is 1.10 bits per heavy atom. The van der Waals surface area contributed by atoms with Gasteiger partial charge in [0.25, 0.3) is 0 Å². The Morgan fingerprint density at radius 3 is 2.23 bits per heavy atom. The highest BCUT2D eigenvalue weighted by molar-refractivity contribution is 7.92. The first-order valence-electron chi connectivity index (χ1n) is 10.1. The van der Waals surface area contributed by atoms with Gasteiger partial charge >= 0.3 is 0 Å². The van der Waals surface area contributed by atoms with Gasteiger partial charge in [0.2, 0.25) is 15.9 Å². The maximum Gasteiger partial charge on any atom is 0.247 e. The average molecular weight is 441 g/mol. The molecule has 0 spiro atoms. The second kappa shape index (κ2) is 9.52. The van der Waals surface area contributed by atoms with Crippen molar-refractivity contribution in [1.82, 2.24) is 5.32 Å². The zero-order valence-corrected chi connectivity index (χ0v) is 19.9. The normalized spacial score (nSPS) is 13.4. The van der Waals surface area contributed by atoms with E-state index in [0.717, 1.165) is 17.4 Å². The molecule has 0 fully saturated rings. The first-order chi connectivity index (χ1) is 14.3. The lowest BCUT2D eigenvalue weighted by Crippen LogP contribution is -2.27. The lowest BCUT2D eigenvalue weighted by atomic mass is 9.86. The van der Waals surface area contributed by atoms with E-state index in [2.05, 4.69) is 49.5 Å². The summed E-state index contributed by atoms with van der Waals surface area (Å²) in [4.78, 5) is 12.7. The van der Waals surface area contributed by atoms with Crippen molar-refractivity contribution < 1.29 is 13.2 Å². The number of nitrogens with one attached hydrogen (secondary N) is 2. The summed E-state index contributed by atoms with van der Waals surface area (Å²) in [5.74, 6) is -0.161. The van der Waals surface area contributed by atoms with Gasteiger partial charge in [0.15, 0.2) is 0 Å². The van der Waals surface area contributed by atoms with E-state index >= 15 is 0 Å². The number of benzene rings is 2. The van der Waals surface area contributed by atoms with E-state index < -0.39 is 10.0 Å². The summed E-state index contributed by atoms with van der Waals surface area (Å²) in [5, 5.41) is 2.99. The molecule has 6 heteroatoms. The van der Waals surface area contributed by atoms with Crippen LogP contribution < -0.4 is 10.0 Å². The van der Waals surface area contributed by atoms with Crippen molar-refractivity contribution in [2.45, 2.75) is 46.1 Å². The highest BCUT2D eigenvalue weighted by Crippen LogP contribution is 2.25. The Morgan fingerprint density at radius 2 is 1.71 bits per heavy atom. The largest absolute Gasteiger partial charge is 0.346 e. The second-order valence-electron chi connectivity index (χ2n) is 8.82. The van der Waals surface area contributed by atoms with E-state index in [4.69, 9.17) is 0 Å². The molecule has 0 aliphatic heterocycles. The fourth-order valence-corrected chi connectivity index (χ4v) is 3.69. The summed E-state index contributed by atoms with van der Waals surface area (Å²) in [5.41, 5.74) is 4.86. The summed E-state index contributed by atoms with van der Waals surface area (Å²) in [6.07, 6.45) is 4.54. The van der Waals surface area contributed by atoms with Crippen molar-refractivity contribution in [1.29, 1.82) is 0 Å². The van der Waals surface area contributed by atoms with Crippen LogP contribution in [0.5, 0.6) is 0 Å². The van der Waals surface area contributed by atoms with Crippen LogP contribution in [0, 0.1) is 0 Å². The molecule has 1 unspecified atom stereocenters. The van der Waals surface area contributed by atoms with Crippen molar-refractivity contribution in [3.05, 3.63) is 76.9 Å². The zero-order valence-electron chi connectivity index (χ0n) is 19.1. The molecule has 0 aliphatic rings. The number of amides is 1. The molecule has 2 aromatic rings. The highest BCUT2D eigenvalue weighted by atomic mass is 32.2. The van der Waals surface area contributed by atoms with Crippen LogP contribution in [0.25, 0.3) is 12.2 Å². The number of sulfonamides is 1. The first kappa shape index (κ1) is 24.4. The van der Waals surface area contributed by atoms with Gasteiger partial charge in [-0.1, -0.05) is 63.8 Å². The van der Waals surface area contributed by atoms with Crippen molar-refractivity contribution >= 4 is 33.8 Å². The van der Waals surface area contributed by atoms with E-state index in [0.29, 0.717) is 16.8 Å². The van der Waals surface area contributed by atoms with Crippen molar-refractivity contribution in [3.8, 4) is 0 Å². The minimum atomic E-state index is -3.39. The first-order valence-corrected chi connectivity index (χ1v) is 12.0. The molecule has 31 heavy (non-hydrogen) atoms. The monoisotopic (exact) mass is 440 g/mol. The SMILES string of the molecule is C=Cc1cc(C(C)NC(=O)C(C)=Cc2ccc(C(C)(C)C)cc2)ccc1NS(C)(=O)=O. The van der Waals surface area contributed by atoms with Crippen LogP contribution in [0.4, 0.5) is 5.69 Å². The number of hydrogen-bond donors (Lipinski definition) is 2. The summed E-state index contributed by atoms with van der Waals surface area (Å²) >= 11 is 0. The smallest absolute Gasteiger partial charge is 0.247 e. The molecule has 0 aromatic heterocycles. The summed E-state index contributed by atoms with van der Waals surface area (Å²) in [6, 6.07) is 13.2. The van der Waals surface area contributed by atoms with Crippen LogP contribution in [-0.2, 0) is 20.2 Å². The summed E-state index contributed by atoms with van der Waals surface area (Å²) in [7, 11) is -3.39. The van der Waals surface area contributed by atoms with Crippen LogP contribution >= 0.6 is 0 Å². The van der Waals surface area contributed by atoms with Crippen molar-refractivity contribution in [2.75, 3.05) is 11.0 Å². The summed E-state index contributed by atoms with van der Waals surface area (Å²) < 4.78 is 25.5. The Kier molecular flexibility index (Phi) is 7.49. The van der Waals surface area contributed by atoms with Gasteiger partial charge in [-0.15, -0.1) is 0 Å². The second-order valence-corrected chi connectivity index (χ2v) is 10.6. The van der Waals surface area contributed by atoms with Gasteiger partial charge in [-0.05, 0) is 59.7 Å². The molecule has 1 amide bonds. The van der Waals surface area contributed by atoms with Crippen LogP contribution in [-0.4, -0.2) is 20.6 Å². The van der Waals surface area contributed by atoms with Gasteiger partial charge in [-0.25, -0.2) is 8.42 Å². The fraction of sp³-hybridized carbons (Fsp3) is 0.320. The minimum Gasteiger partial charge on any atom is -0.346 e. The molecule has 0 heterocycles. The maximum absolute atomic E-state index is 12.7. The van der Waals surface area contributed by atoms with Gasteiger partial charge in [-0.2, -0.15) is 0 Å². The van der Waals surface area contributed by atoms with Gasteiger partial charge in [0.1, 0.15) is 0 Å². The Labute approximate surface area is 186 Å². The number of rotatable bonds is 7. The predicted octanol–water partition coefficient (Wildman–Crippen LogP) is 5.28. The quantitative estimate of drug-likeness (QED) is 0.575.